The number of amides is 1. The molecule has 16 heavy (non-hydrogen) atoms. The van der Waals surface area contributed by atoms with Crippen LogP contribution >= 0.6 is 11.6 Å². The molecule has 0 bridgehead atoms. The lowest BCUT2D eigenvalue weighted by Gasteiger charge is -2.18. The van der Waals surface area contributed by atoms with Crippen LogP contribution in [0.2, 0.25) is 5.02 Å². The average Bonchev–Trinajstić information content (AvgIpc) is 2.08. The third kappa shape index (κ3) is 3.79. The summed E-state index contributed by atoms with van der Waals surface area (Å²) in [6.07, 6.45) is 0.0949. The summed E-state index contributed by atoms with van der Waals surface area (Å²) in [5.74, 6) is -0.921. The molecule has 1 aromatic rings. The first kappa shape index (κ1) is 12.9. The first-order chi connectivity index (χ1) is 7.29. The molecule has 0 radical (unpaired) electrons. The fourth-order valence-electron chi connectivity index (χ4n) is 1.21. The van der Waals surface area contributed by atoms with Gasteiger partial charge in [0.2, 0.25) is 5.91 Å². The van der Waals surface area contributed by atoms with Crippen molar-refractivity contribution in [1.29, 1.82) is 0 Å². The van der Waals surface area contributed by atoms with Gasteiger partial charge in [0, 0.05) is 12.0 Å². The van der Waals surface area contributed by atoms with Crippen LogP contribution in [0, 0.1) is 5.82 Å². The predicted molar refractivity (Wildman–Crippen MR) is 62.9 cm³/mol. The molecular formula is C11H14ClFN2O. The van der Waals surface area contributed by atoms with E-state index in [1.807, 2.05) is 0 Å². The minimum atomic E-state index is -0.637. The van der Waals surface area contributed by atoms with Gasteiger partial charge in [0.1, 0.15) is 5.82 Å². The highest BCUT2D eigenvalue weighted by Crippen LogP contribution is 2.24. The number of halogens is 2. The Morgan fingerprint density at radius 1 is 1.56 bits per heavy atom. The van der Waals surface area contributed by atoms with Crippen molar-refractivity contribution in [3.8, 4) is 0 Å². The Morgan fingerprint density at radius 3 is 2.69 bits per heavy atom. The molecule has 0 fully saturated rings. The van der Waals surface area contributed by atoms with E-state index >= 15 is 0 Å². The normalized spacial score (nSPS) is 11.3. The zero-order valence-corrected chi connectivity index (χ0v) is 9.94. The molecule has 5 heteroatoms. The summed E-state index contributed by atoms with van der Waals surface area (Å²) in [4.78, 5) is 11.5. The number of nitrogens with two attached hydrogens (primary N) is 1. The summed E-state index contributed by atoms with van der Waals surface area (Å²) in [7, 11) is 0. The van der Waals surface area contributed by atoms with Gasteiger partial charge in [0.25, 0.3) is 0 Å². The van der Waals surface area contributed by atoms with E-state index < -0.39 is 11.4 Å². The second-order valence-corrected chi connectivity index (χ2v) is 4.72. The van der Waals surface area contributed by atoms with E-state index in [-0.39, 0.29) is 23.0 Å². The highest BCUT2D eigenvalue weighted by Gasteiger charge is 2.18. The van der Waals surface area contributed by atoms with Gasteiger partial charge in [-0.05, 0) is 26.0 Å². The number of nitrogens with one attached hydrogen (secondary N) is 1. The summed E-state index contributed by atoms with van der Waals surface area (Å²) < 4.78 is 13.3. The fourth-order valence-corrected chi connectivity index (χ4v) is 1.42. The largest absolute Gasteiger partial charge is 0.325 e. The zero-order chi connectivity index (χ0) is 12.3. The van der Waals surface area contributed by atoms with Crippen LogP contribution in [-0.2, 0) is 4.79 Å². The van der Waals surface area contributed by atoms with Crippen LogP contribution in [0.15, 0.2) is 18.2 Å². The van der Waals surface area contributed by atoms with Gasteiger partial charge < -0.3 is 11.1 Å². The second-order valence-electron chi connectivity index (χ2n) is 4.31. The summed E-state index contributed by atoms with van der Waals surface area (Å²) in [6, 6.07) is 4.21. The molecule has 0 aliphatic rings. The van der Waals surface area contributed by atoms with Gasteiger partial charge in [-0.15, -0.1) is 0 Å². The molecule has 0 saturated heterocycles. The van der Waals surface area contributed by atoms with Crippen molar-refractivity contribution in [3.05, 3.63) is 29.0 Å². The Morgan fingerprint density at radius 2 is 2.19 bits per heavy atom. The molecule has 0 heterocycles. The smallest absolute Gasteiger partial charge is 0.226 e. The Hall–Kier alpha value is -1.13. The maximum absolute atomic E-state index is 13.3. The zero-order valence-electron chi connectivity index (χ0n) is 9.18. The van der Waals surface area contributed by atoms with Gasteiger partial charge in [-0.3, -0.25) is 4.79 Å². The average molecular weight is 245 g/mol. The number of para-hydroxylation sites is 1. The van der Waals surface area contributed by atoms with Crippen molar-refractivity contribution >= 4 is 23.2 Å². The van der Waals surface area contributed by atoms with Crippen LogP contribution in [-0.4, -0.2) is 11.4 Å². The van der Waals surface area contributed by atoms with Crippen molar-refractivity contribution in [1.82, 2.24) is 0 Å². The standard InChI is InChI=1S/C11H14ClFN2O/c1-11(2,14)6-9(16)15-10-7(12)4-3-5-8(10)13/h3-5H,6,14H2,1-2H3,(H,15,16). The van der Waals surface area contributed by atoms with E-state index in [0.717, 1.165) is 0 Å². The summed E-state index contributed by atoms with van der Waals surface area (Å²) in [5.41, 5.74) is 5.04. The number of carbonyl (C=O) groups is 1. The summed E-state index contributed by atoms with van der Waals surface area (Å²) in [6.45, 7) is 3.44. The number of rotatable bonds is 3. The molecule has 3 N–H and O–H groups in total. The fraction of sp³-hybridized carbons (Fsp3) is 0.364. The van der Waals surface area contributed by atoms with Crippen LogP contribution in [0.25, 0.3) is 0 Å². The van der Waals surface area contributed by atoms with Crippen molar-refractivity contribution < 1.29 is 9.18 Å². The van der Waals surface area contributed by atoms with E-state index in [1.54, 1.807) is 13.8 Å². The monoisotopic (exact) mass is 244 g/mol. The van der Waals surface area contributed by atoms with E-state index in [0.29, 0.717) is 0 Å². The van der Waals surface area contributed by atoms with Gasteiger partial charge in [-0.25, -0.2) is 4.39 Å². The van der Waals surface area contributed by atoms with Crippen molar-refractivity contribution in [2.45, 2.75) is 25.8 Å². The van der Waals surface area contributed by atoms with E-state index in [1.165, 1.54) is 18.2 Å². The first-order valence-electron chi connectivity index (χ1n) is 4.82. The predicted octanol–water partition coefficient (Wildman–Crippen LogP) is 2.54. The third-order valence-electron chi connectivity index (χ3n) is 1.84. The highest BCUT2D eigenvalue weighted by molar-refractivity contribution is 6.33. The lowest BCUT2D eigenvalue weighted by atomic mass is 10.0. The molecule has 1 rings (SSSR count). The summed E-state index contributed by atoms with van der Waals surface area (Å²) in [5, 5.41) is 2.58. The van der Waals surface area contributed by atoms with Crippen LogP contribution < -0.4 is 11.1 Å². The first-order valence-corrected chi connectivity index (χ1v) is 5.20. The molecule has 0 saturated carbocycles. The molecule has 0 unspecified atom stereocenters. The molecule has 3 nitrogen and oxygen atoms in total. The Bertz CT molecular complexity index is 381. The van der Waals surface area contributed by atoms with E-state index in [2.05, 4.69) is 5.32 Å². The molecule has 0 aromatic heterocycles. The van der Waals surface area contributed by atoms with Crippen molar-refractivity contribution in [2.24, 2.45) is 5.73 Å². The van der Waals surface area contributed by atoms with Crippen LogP contribution in [0.1, 0.15) is 20.3 Å². The molecule has 1 aromatic carbocycles. The van der Waals surface area contributed by atoms with Crippen molar-refractivity contribution in [2.75, 3.05) is 5.32 Å². The maximum atomic E-state index is 13.3. The van der Waals surface area contributed by atoms with Gasteiger partial charge >= 0.3 is 0 Å². The minimum absolute atomic E-state index is 0.00147. The topological polar surface area (TPSA) is 55.1 Å². The Labute approximate surface area is 98.8 Å². The SMILES string of the molecule is CC(C)(N)CC(=O)Nc1c(F)cccc1Cl. The minimum Gasteiger partial charge on any atom is -0.325 e. The van der Waals surface area contributed by atoms with Crippen LogP contribution in [0.5, 0.6) is 0 Å². The van der Waals surface area contributed by atoms with Gasteiger partial charge in [0.05, 0.1) is 10.7 Å². The quantitative estimate of drug-likeness (QED) is 0.859. The molecule has 0 aliphatic heterocycles. The molecule has 88 valence electrons. The number of benzene rings is 1. The van der Waals surface area contributed by atoms with Crippen LogP contribution in [0.3, 0.4) is 0 Å². The van der Waals surface area contributed by atoms with Gasteiger partial charge in [0.15, 0.2) is 0 Å². The van der Waals surface area contributed by atoms with Crippen molar-refractivity contribution in [3.63, 3.8) is 0 Å². The van der Waals surface area contributed by atoms with Crippen LogP contribution in [0.4, 0.5) is 10.1 Å². The van der Waals surface area contributed by atoms with Gasteiger partial charge in [-0.2, -0.15) is 0 Å². The molecule has 0 spiro atoms. The number of carbonyl (C=O) groups excluding carboxylic acids is 1. The van der Waals surface area contributed by atoms with E-state index in [9.17, 15) is 9.18 Å². The number of hydrogen-bond donors (Lipinski definition) is 2. The maximum Gasteiger partial charge on any atom is 0.226 e. The summed E-state index contributed by atoms with van der Waals surface area (Å²) >= 11 is 5.76. The second kappa shape index (κ2) is 4.80. The number of anilines is 1. The lowest BCUT2D eigenvalue weighted by Crippen LogP contribution is -2.36. The highest BCUT2D eigenvalue weighted by atomic mass is 35.5. The lowest BCUT2D eigenvalue weighted by molar-refractivity contribution is -0.117. The Balaban J connectivity index is 2.78. The van der Waals surface area contributed by atoms with Gasteiger partial charge in [-0.1, -0.05) is 17.7 Å². The Kier molecular flexibility index (Phi) is 3.88. The van der Waals surface area contributed by atoms with E-state index in [4.69, 9.17) is 17.3 Å². The molecule has 1 amide bonds. The molecular weight excluding hydrogens is 231 g/mol. The third-order valence-corrected chi connectivity index (χ3v) is 2.16. The number of hydrogen-bond acceptors (Lipinski definition) is 2. The molecule has 0 aliphatic carbocycles. The molecule has 0 atom stereocenters.